The Kier molecular flexibility index (Phi) is 3.36. The highest BCUT2D eigenvalue weighted by Gasteiger charge is 2.10. The summed E-state index contributed by atoms with van der Waals surface area (Å²) in [5, 5.41) is 0. The molecule has 0 aliphatic rings. The lowest BCUT2D eigenvalue weighted by Crippen LogP contribution is -2.06. The summed E-state index contributed by atoms with van der Waals surface area (Å²) in [7, 11) is -1.63. The average molecular weight is 205 g/mol. The van der Waals surface area contributed by atoms with Gasteiger partial charge in [-0.2, -0.15) is 0 Å². The molecule has 0 aliphatic heterocycles. The van der Waals surface area contributed by atoms with Crippen molar-refractivity contribution in [3.8, 4) is 0 Å². The molecule has 13 heavy (non-hydrogen) atoms. The number of alkyl halides is 2. The molecule has 0 saturated heterocycles. The molecule has 5 heteroatoms. The summed E-state index contributed by atoms with van der Waals surface area (Å²) < 4.78 is 34.8. The largest absolute Gasteiger partial charge is 0.399 e. The van der Waals surface area contributed by atoms with Gasteiger partial charge in [0.15, 0.2) is 0 Å². The van der Waals surface area contributed by atoms with Crippen LogP contribution in [-0.4, -0.2) is 16.4 Å². The zero-order chi connectivity index (χ0) is 9.84. The summed E-state index contributed by atoms with van der Waals surface area (Å²) in [6.07, 6.45) is -2.54. The van der Waals surface area contributed by atoms with E-state index >= 15 is 0 Å². The van der Waals surface area contributed by atoms with E-state index in [1.54, 1.807) is 12.1 Å². The quantitative estimate of drug-likeness (QED) is 0.762. The van der Waals surface area contributed by atoms with Gasteiger partial charge in [0.05, 0.1) is 16.6 Å². The number of anilines is 1. The van der Waals surface area contributed by atoms with Crippen LogP contribution < -0.4 is 5.73 Å². The third kappa shape index (κ3) is 3.10. The Morgan fingerprint density at radius 2 is 1.85 bits per heavy atom. The van der Waals surface area contributed by atoms with Crippen molar-refractivity contribution in [2.24, 2.45) is 0 Å². The molecule has 0 fully saturated rings. The Morgan fingerprint density at radius 3 is 2.31 bits per heavy atom. The summed E-state index contributed by atoms with van der Waals surface area (Å²) in [6, 6.07) is 6.07. The van der Waals surface area contributed by atoms with Gasteiger partial charge >= 0.3 is 0 Å². The zero-order valence-corrected chi connectivity index (χ0v) is 7.56. The lowest BCUT2D eigenvalue weighted by atomic mass is 10.3. The Bertz CT molecular complexity index is 300. The number of rotatable bonds is 3. The monoisotopic (exact) mass is 205 g/mol. The van der Waals surface area contributed by atoms with Crippen LogP contribution in [0.5, 0.6) is 0 Å². The lowest BCUT2D eigenvalue weighted by Gasteiger charge is -2.01. The second kappa shape index (κ2) is 4.32. The normalized spacial score (nSPS) is 13.2. The molecule has 0 amide bonds. The fourth-order valence-corrected chi connectivity index (χ4v) is 1.69. The molecule has 0 saturated carbocycles. The molecule has 0 spiro atoms. The van der Waals surface area contributed by atoms with Crippen LogP contribution in [-0.2, 0) is 10.8 Å². The van der Waals surface area contributed by atoms with E-state index < -0.39 is 23.0 Å². The van der Waals surface area contributed by atoms with Gasteiger partial charge in [0.1, 0.15) is 0 Å². The molecule has 2 N–H and O–H groups in total. The molecule has 0 aromatic heterocycles. The average Bonchev–Trinajstić information content (AvgIpc) is 2.04. The van der Waals surface area contributed by atoms with Crippen LogP contribution in [0, 0.1) is 0 Å². The van der Waals surface area contributed by atoms with Gasteiger partial charge < -0.3 is 5.73 Å². The van der Waals surface area contributed by atoms with E-state index in [4.69, 9.17) is 5.73 Å². The summed E-state index contributed by atoms with van der Waals surface area (Å²) in [6.45, 7) is 0. The van der Waals surface area contributed by atoms with Gasteiger partial charge in [-0.3, -0.25) is 4.21 Å². The highest BCUT2D eigenvalue weighted by molar-refractivity contribution is 7.85. The van der Waals surface area contributed by atoms with E-state index in [9.17, 15) is 13.0 Å². The minimum absolute atomic E-state index is 0.384. The highest BCUT2D eigenvalue weighted by atomic mass is 32.2. The van der Waals surface area contributed by atoms with E-state index in [-0.39, 0.29) is 0 Å². The number of hydrogen-bond acceptors (Lipinski definition) is 2. The van der Waals surface area contributed by atoms with Gasteiger partial charge in [-0.15, -0.1) is 0 Å². The predicted octanol–water partition coefficient (Wildman–Crippen LogP) is 1.64. The number of hydrogen-bond donors (Lipinski definition) is 1. The first-order chi connectivity index (χ1) is 6.09. The van der Waals surface area contributed by atoms with Crippen molar-refractivity contribution in [1.29, 1.82) is 0 Å². The Labute approximate surface area is 77.2 Å². The molecule has 1 aromatic carbocycles. The maximum atomic E-state index is 11.8. The highest BCUT2D eigenvalue weighted by Crippen LogP contribution is 2.11. The number of nitrogens with two attached hydrogens (primary N) is 1. The Morgan fingerprint density at radius 1 is 1.31 bits per heavy atom. The van der Waals surface area contributed by atoms with Crippen molar-refractivity contribution in [2.75, 3.05) is 11.5 Å². The van der Waals surface area contributed by atoms with Crippen LogP contribution in [0.3, 0.4) is 0 Å². The van der Waals surface area contributed by atoms with E-state index in [2.05, 4.69) is 0 Å². The predicted molar refractivity (Wildman–Crippen MR) is 48.1 cm³/mol. The summed E-state index contributed by atoms with van der Waals surface area (Å²) >= 11 is 0. The van der Waals surface area contributed by atoms with Crippen LogP contribution in [0.4, 0.5) is 14.5 Å². The van der Waals surface area contributed by atoms with E-state index in [1.165, 1.54) is 12.1 Å². The molecule has 1 unspecified atom stereocenters. The zero-order valence-electron chi connectivity index (χ0n) is 6.74. The molecule has 0 radical (unpaired) electrons. The van der Waals surface area contributed by atoms with Crippen molar-refractivity contribution in [3.05, 3.63) is 24.3 Å². The van der Waals surface area contributed by atoms with Crippen molar-refractivity contribution >= 4 is 16.5 Å². The summed E-state index contributed by atoms with van der Waals surface area (Å²) in [5.74, 6) is -0.621. The van der Waals surface area contributed by atoms with Gasteiger partial charge in [0, 0.05) is 10.6 Å². The van der Waals surface area contributed by atoms with E-state index in [0.717, 1.165) is 0 Å². The van der Waals surface area contributed by atoms with Gasteiger partial charge in [0.25, 0.3) is 0 Å². The maximum absolute atomic E-state index is 11.8. The first-order valence-corrected chi connectivity index (χ1v) is 4.93. The number of halogens is 2. The van der Waals surface area contributed by atoms with Gasteiger partial charge in [-0.05, 0) is 24.3 Å². The van der Waals surface area contributed by atoms with Crippen LogP contribution in [0.25, 0.3) is 0 Å². The minimum atomic E-state index is -2.54. The van der Waals surface area contributed by atoms with Gasteiger partial charge in [0.2, 0.25) is 6.43 Å². The SMILES string of the molecule is Nc1ccc(S(=O)CC(F)F)cc1. The first kappa shape index (κ1) is 10.1. The van der Waals surface area contributed by atoms with E-state index in [1.807, 2.05) is 0 Å². The third-order valence-corrected chi connectivity index (χ3v) is 2.77. The molecule has 0 heterocycles. The molecule has 1 rings (SSSR count). The van der Waals surface area contributed by atoms with Crippen LogP contribution in [0.2, 0.25) is 0 Å². The topological polar surface area (TPSA) is 43.1 Å². The van der Waals surface area contributed by atoms with Crippen molar-refractivity contribution in [3.63, 3.8) is 0 Å². The van der Waals surface area contributed by atoms with Crippen molar-refractivity contribution in [1.82, 2.24) is 0 Å². The van der Waals surface area contributed by atoms with Crippen LogP contribution >= 0.6 is 0 Å². The van der Waals surface area contributed by atoms with Crippen molar-refractivity contribution < 1.29 is 13.0 Å². The minimum Gasteiger partial charge on any atom is -0.399 e. The van der Waals surface area contributed by atoms with E-state index in [0.29, 0.717) is 10.6 Å². The second-order valence-corrected chi connectivity index (χ2v) is 3.97. The molecule has 2 nitrogen and oxygen atoms in total. The molecule has 0 aliphatic carbocycles. The molecular weight excluding hydrogens is 196 g/mol. The third-order valence-electron chi connectivity index (χ3n) is 1.42. The Hall–Kier alpha value is -0.970. The second-order valence-electron chi connectivity index (χ2n) is 2.47. The molecule has 1 aromatic rings. The smallest absolute Gasteiger partial charge is 0.250 e. The number of benzene rings is 1. The molecular formula is C8H9F2NOS. The summed E-state index contributed by atoms with van der Waals surface area (Å²) in [4.78, 5) is 0.384. The molecule has 0 bridgehead atoms. The summed E-state index contributed by atoms with van der Waals surface area (Å²) in [5.41, 5.74) is 5.91. The van der Waals surface area contributed by atoms with Crippen LogP contribution in [0.15, 0.2) is 29.2 Å². The number of nitrogen functional groups attached to an aromatic ring is 1. The first-order valence-electron chi connectivity index (χ1n) is 3.61. The van der Waals surface area contributed by atoms with Crippen LogP contribution in [0.1, 0.15) is 0 Å². The molecule has 72 valence electrons. The maximum Gasteiger partial charge on any atom is 0.250 e. The fraction of sp³-hybridized carbons (Fsp3) is 0.250. The van der Waals surface area contributed by atoms with Gasteiger partial charge in [-0.1, -0.05) is 0 Å². The fourth-order valence-electron chi connectivity index (χ4n) is 0.830. The van der Waals surface area contributed by atoms with Gasteiger partial charge in [-0.25, -0.2) is 8.78 Å². The lowest BCUT2D eigenvalue weighted by molar-refractivity contribution is 0.175. The molecule has 1 atom stereocenters. The van der Waals surface area contributed by atoms with Crippen molar-refractivity contribution in [2.45, 2.75) is 11.3 Å². The standard InChI is InChI=1S/C8H9F2NOS/c9-8(10)5-13(12)7-3-1-6(11)2-4-7/h1-4,8H,5,11H2. The Balaban J connectivity index is 2.72.